The summed E-state index contributed by atoms with van der Waals surface area (Å²) in [6, 6.07) is 11.1. The highest BCUT2D eigenvalue weighted by Gasteiger charge is 2.07. The van der Waals surface area contributed by atoms with Crippen LogP contribution >= 0.6 is 0 Å². The zero-order valence-corrected chi connectivity index (χ0v) is 11.5. The molecule has 2 rings (SSSR count). The molecule has 108 valence electrons. The molecule has 2 amide bonds. The summed E-state index contributed by atoms with van der Waals surface area (Å²) in [4.78, 5) is 36.9. The van der Waals surface area contributed by atoms with Gasteiger partial charge in [0.25, 0.3) is 5.91 Å². The fourth-order valence-corrected chi connectivity index (χ4v) is 1.70. The third-order valence-corrected chi connectivity index (χ3v) is 2.74. The molecular weight excluding hydrogens is 270 g/mol. The van der Waals surface area contributed by atoms with Gasteiger partial charge in [-0.05, 0) is 24.3 Å². The summed E-state index contributed by atoms with van der Waals surface area (Å²) in [5.74, 6) is -0.530. The molecule has 0 bridgehead atoms. The van der Waals surface area contributed by atoms with Gasteiger partial charge in [-0.15, -0.1) is 0 Å². The van der Waals surface area contributed by atoms with Crippen LogP contribution in [0, 0.1) is 0 Å². The number of rotatable bonds is 4. The van der Waals surface area contributed by atoms with E-state index in [9.17, 15) is 14.4 Å². The van der Waals surface area contributed by atoms with Gasteiger partial charge in [0, 0.05) is 23.9 Å². The highest BCUT2D eigenvalue weighted by atomic mass is 16.2. The minimum atomic E-state index is -0.424. The van der Waals surface area contributed by atoms with Crippen molar-refractivity contribution in [3.8, 4) is 0 Å². The van der Waals surface area contributed by atoms with E-state index in [-0.39, 0.29) is 17.2 Å². The zero-order valence-electron chi connectivity index (χ0n) is 11.5. The fraction of sp³-hybridized carbons (Fsp3) is 0.133. The first-order valence-corrected chi connectivity index (χ1v) is 6.49. The lowest BCUT2D eigenvalue weighted by molar-refractivity contribution is -0.115. The monoisotopic (exact) mass is 285 g/mol. The molecule has 0 saturated heterocycles. The van der Waals surface area contributed by atoms with Crippen molar-refractivity contribution in [1.82, 2.24) is 4.98 Å². The number of amides is 2. The third-order valence-electron chi connectivity index (χ3n) is 2.74. The van der Waals surface area contributed by atoms with Crippen LogP contribution in [-0.4, -0.2) is 16.8 Å². The van der Waals surface area contributed by atoms with E-state index in [1.165, 1.54) is 18.2 Å². The maximum Gasteiger partial charge on any atom is 0.272 e. The van der Waals surface area contributed by atoms with E-state index in [0.29, 0.717) is 17.8 Å². The Balaban J connectivity index is 2.12. The molecule has 6 heteroatoms. The minimum absolute atomic E-state index is 0.106. The Morgan fingerprint density at radius 2 is 1.71 bits per heavy atom. The van der Waals surface area contributed by atoms with Crippen molar-refractivity contribution in [2.75, 3.05) is 10.6 Å². The van der Waals surface area contributed by atoms with Gasteiger partial charge in [0.1, 0.15) is 5.69 Å². The quantitative estimate of drug-likeness (QED) is 0.802. The van der Waals surface area contributed by atoms with E-state index in [2.05, 4.69) is 15.6 Å². The molecule has 0 spiro atoms. The van der Waals surface area contributed by atoms with Gasteiger partial charge in [-0.1, -0.05) is 19.1 Å². The van der Waals surface area contributed by atoms with Crippen LogP contribution in [0.3, 0.4) is 0 Å². The van der Waals surface area contributed by atoms with Crippen molar-refractivity contribution in [1.29, 1.82) is 0 Å². The van der Waals surface area contributed by atoms with Crippen LogP contribution < -0.4 is 16.2 Å². The number of carbonyl (C=O) groups excluding carboxylic acids is 2. The van der Waals surface area contributed by atoms with Crippen LogP contribution in [-0.2, 0) is 4.79 Å². The molecule has 1 heterocycles. The number of hydrogen-bond acceptors (Lipinski definition) is 3. The number of pyridine rings is 1. The van der Waals surface area contributed by atoms with Crippen molar-refractivity contribution in [3.05, 3.63) is 58.5 Å². The van der Waals surface area contributed by atoms with Crippen LogP contribution in [0.2, 0.25) is 0 Å². The summed E-state index contributed by atoms with van der Waals surface area (Å²) in [6.07, 6.45) is 0.377. The summed E-state index contributed by atoms with van der Waals surface area (Å²) >= 11 is 0. The zero-order chi connectivity index (χ0) is 15.2. The van der Waals surface area contributed by atoms with Gasteiger partial charge in [0.05, 0.1) is 0 Å². The average Bonchev–Trinajstić information content (AvgIpc) is 2.47. The van der Waals surface area contributed by atoms with Crippen molar-refractivity contribution in [2.24, 2.45) is 0 Å². The number of nitrogens with one attached hydrogen (secondary N) is 3. The molecule has 0 saturated carbocycles. The maximum atomic E-state index is 12.0. The van der Waals surface area contributed by atoms with E-state index in [1.807, 2.05) is 0 Å². The first-order chi connectivity index (χ1) is 10.1. The second-order valence-electron chi connectivity index (χ2n) is 4.37. The van der Waals surface area contributed by atoms with Crippen molar-refractivity contribution in [3.63, 3.8) is 0 Å². The summed E-state index contributed by atoms with van der Waals surface area (Å²) < 4.78 is 0. The van der Waals surface area contributed by atoms with Gasteiger partial charge in [-0.25, -0.2) is 0 Å². The highest BCUT2D eigenvalue weighted by Crippen LogP contribution is 2.15. The van der Waals surface area contributed by atoms with Crippen LogP contribution in [0.5, 0.6) is 0 Å². The Kier molecular flexibility index (Phi) is 4.50. The smallest absolute Gasteiger partial charge is 0.272 e. The molecule has 0 atom stereocenters. The van der Waals surface area contributed by atoms with Gasteiger partial charge in [0.15, 0.2) is 0 Å². The molecule has 1 aromatic heterocycles. The SMILES string of the molecule is CCC(=O)Nc1cccc(NC(=O)c2cccc(=O)[nH]2)c1. The van der Waals surface area contributed by atoms with Crippen molar-refractivity contribution in [2.45, 2.75) is 13.3 Å². The van der Waals surface area contributed by atoms with E-state index in [1.54, 1.807) is 31.2 Å². The highest BCUT2D eigenvalue weighted by molar-refractivity contribution is 6.03. The Hall–Kier alpha value is -2.89. The summed E-state index contributed by atoms with van der Waals surface area (Å²) in [5.41, 5.74) is 0.955. The topological polar surface area (TPSA) is 91.1 Å². The van der Waals surface area contributed by atoms with Crippen molar-refractivity contribution < 1.29 is 9.59 Å². The van der Waals surface area contributed by atoms with E-state index in [4.69, 9.17) is 0 Å². The number of hydrogen-bond donors (Lipinski definition) is 3. The number of anilines is 2. The second kappa shape index (κ2) is 6.51. The molecule has 0 unspecified atom stereocenters. The standard InChI is InChI=1S/C15H15N3O3/c1-2-13(19)16-10-5-3-6-11(9-10)17-15(21)12-7-4-8-14(20)18-12/h3-9H,2H2,1H3,(H,16,19)(H,17,21)(H,18,20). The Bertz CT molecular complexity index is 722. The van der Waals surface area contributed by atoms with Crippen molar-refractivity contribution >= 4 is 23.2 Å². The largest absolute Gasteiger partial charge is 0.326 e. The Labute approximate surface area is 121 Å². The lowest BCUT2D eigenvalue weighted by Crippen LogP contribution is -2.18. The van der Waals surface area contributed by atoms with E-state index in [0.717, 1.165) is 0 Å². The van der Waals surface area contributed by atoms with E-state index < -0.39 is 5.91 Å². The predicted molar refractivity (Wildman–Crippen MR) is 80.4 cm³/mol. The lowest BCUT2D eigenvalue weighted by Gasteiger charge is -2.08. The number of aromatic amines is 1. The number of carbonyl (C=O) groups is 2. The molecule has 21 heavy (non-hydrogen) atoms. The number of H-pyrrole nitrogens is 1. The number of aromatic nitrogens is 1. The normalized spacial score (nSPS) is 9.95. The lowest BCUT2D eigenvalue weighted by atomic mass is 10.2. The Morgan fingerprint density at radius 3 is 2.38 bits per heavy atom. The average molecular weight is 285 g/mol. The van der Waals surface area contributed by atoms with Crippen LogP contribution in [0.25, 0.3) is 0 Å². The molecule has 1 aromatic carbocycles. The van der Waals surface area contributed by atoms with Gasteiger partial charge < -0.3 is 15.6 Å². The molecule has 3 N–H and O–H groups in total. The molecular formula is C15H15N3O3. The molecule has 0 fully saturated rings. The molecule has 0 aliphatic rings. The molecule has 0 radical (unpaired) electrons. The van der Waals surface area contributed by atoms with Gasteiger partial charge >= 0.3 is 0 Å². The second-order valence-corrected chi connectivity index (χ2v) is 4.37. The van der Waals surface area contributed by atoms with Crippen LogP contribution in [0.15, 0.2) is 47.3 Å². The van der Waals surface area contributed by atoms with E-state index >= 15 is 0 Å². The number of benzene rings is 1. The molecule has 6 nitrogen and oxygen atoms in total. The summed E-state index contributed by atoms with van der Waals surface area (Å²) in [5, 5.41) is 5.36. The fourth-order valence-electron chi connectivity index (χ4n) is 1.70. The predicted octanol–water partition coefficient (Wildman–Crippen LogP) is 1.98. The Morgan fingerprint density at radius 1 is 1.05 bits per heavy atom. The molecule has 2 aromatic rings. The summed E-state index contributed by atoms with van der Waals surface area (Å²) in [7, 11) is 0. The van der Waals surface area contributed by atoms with Crippen LogP contribution in [0.4, 0.5) is 11.4 Å². The third kappa shape index (κ3) is 4.04. The first kappa shape index (κ1) is 14.5. The maximum absolute atomic E-state index is 12.0. The summed E-state index contributed by atoms with van der Waals surface area (Å²) in [6.45, 7) is 1.76. The van der Waals surface area contributed by atoms with Gasteiger partial charge in [0.2, 0.25) is 11.5 Å². The minimum Gasteiger partial charge on any atom is -0.326 e. The first-order valence-electron chi connectivity index (χ1n) is 6.49. The van der Waals surface area contributed by atoms with Crippen LogP contribution in [0.1, 0.15) is 23.8 Å². The van der Waals surface area contributed by atoms with Gasteiger partial charge in [-0.3, -0.25) is 14.4 Å². The molecule has 0 aliphatic carbocycles. The molecule has 0 aliphatic heterocycles. The van der Waals surface area contributed by atoms with Gasteiger partial charge in [-0.2, -0.15) is 0 Å².